The fraction of sp³-hybridized carbons (Fsp3) is 0.600. The third-order valence-electron chi connectivity index (χ3n) is 6.43. The molecule has 1 aliphatic carbocycles. The van der Waals surface area contributed by atoms with Gasteiger partial charge in [0.2, 0.25) is 0 Å². The van der Waals surface area contributed by atoms with Crippen LogP contribution in [0.3, 0.4) is 0 Å². The highest BCUT2D eigenvalue weighted by Crippen LogP contribution is 2.59. The Balaban J connectivity index is 1.42. The number of halogens is 2. The summed E-state index contributed by atoms with van der Waals surface area (Å²) in [6, 6.07) is 4.27. The molecule has 2 aromatic heterocycles. The summed E-state index contributed by atoms with van der Waals surface area (Å²) >= 11 is 0. The van der Waals surface area contributed by atoms with Crippen molar-refractivity contribution in [2.45, 2.75) is 38.3 Å². The molecule has 0 bridgehead atoms. The molecule has 150 valence electrons. The number of pyridine rings is 1. The zero-order valence-electron chi connectivity index (χ0n) is 16.1. The van der Waals surface area contributed by atoms with Gasteiger partial charge in [-0.2, -0.15) is 5.10 Å². The fourth-order valence-electron chi connectivity index (χ4n) is 4.75. The number of hydrogen-bond donors (Lipinski definition) is 1. The Hall–Kier alpha value is -2.06. The summed E-state index contributed by atoms with van der Waals surface area (Å²) in [6.07, 6.45) is -1.12. The number of piperidine rings is 1. The Bertz CT molecular complexity index is 883. The Kier molecular flexibility index (Phi) is 4.17. The summed E-state index contributed by atoms with van der Waals surface area (Å²) in [7, 11) is 0. The monoisotopic (exact) mass is 389 g/mol. The number of anilines is 1. The van der Waals surface area contributed by atoms with E-state index in [1.807, 2.05) is 4.68 Å². The lowest BCUT2D eigenvalue weighted by molar-refractivity contribution is -0.0610. The number of likely N-dealkylation sites (tertiary alicyclic amines) is 1. The highest BCUT2D eigenvalue weighted by atomic mass is 19.3. The van der Waals surface area contributed by atoms with Gasteiger partial charge in [-0.15, -0.1) is 0 Å². The molecule has 3 aliphatic rings. The van der Waals surface area contributed by atoms with Crippen LogP contribution in [0.2, 0.25) is 0 Å². The van der Waals surface area contributed by atoms with Gasteiger partial charge < -0.3 is 10.5 Å². The van der Waals surface area contributed by atoms with Crippen LogP contribution in [-0.2, 0) is 4.74 Å². The molecular formula is C20H25F2N5O. The second kappa shape index (κ2) is 6.49. The van der Waals surface area contributed by atoms with E-state index in [4.69, 9.17) is 15.6 Å². The van der Waals surface area contributed by atoms with Crippen molar-refractivity contribution in [2.75, 3.05) is 32.0 Å². The lowest BCUT2D eigenvalue weighted by atomic mass is 10.1. The van der Waals surface area contributed by atoms with Gasteiger partial charge in [-0.05, 0) is 37.8 Å². The normalized spacial score (nSPS) is 27.4. The smallest absolute Gasteiger partial charge is 0.267 e. The van der Waals surface area contributed by atoms with Gasteiger partial charge in [0.15, 0.2) is 0 Å². The molecule has 8 heteroatoms. The van der Waals surface area contributed by atoms with E-state index in [1.165, 1.54) is 18.0 Å². The van der Waals surface area contributed by atoms with Crippen LogP contribution in [0.5, 0.6) is 0 Å². The molecule has 2 saturated heterocycles. The van der Waals surface area contributed by atoms with Crippen molar-refractivity contribution in [3.05, 3.63) is 29.6 Å². The predicted molar refractivity (Wildman–Crippen MR) is 101 cm³/mol. The first-order valence-corrected chi connectivity index (χ1v) is 9.89. The zero-order chi connectivity index (χ0) is 19.6. The SMILES string of the molecule is CC(C)n1nc(-c2cnc(N)c(C(F)F)c2)cc1C1[C@H]2CN(C3COC3)C[C@@H]12. The molecule has 0 amide bonds. The lowest BCUT2D eigenvalue weighted by Crippen LogP contribution is -2.48. The summed E-state index contributed by atoms with van der Waals surface area (Å²) in [5.41, 5.74) is 7.84. The quantitative estimate of drug-likeness (QED) is 0.851. The number of ether oxygens (including phenoxy) is 1. The topological polar surface area (TPSA) is 69.2 Å². The van der Waals surface area contributed by atoms with Gasteiger partial charge in [-0.3, -0.25) is 9.58 Å². The lowest BCUT2D eigenvalue weighted by Gasteiger charge is -2.35. The average Bonchev–Trinajstić information content (AvgIpc) is 2.97. The molecule has 0 aromatic carbocycles. The van der Waals surface area contributed by atoms with Crippen molar-refractivity contribution < 1.29 is 13.5 Å². The molecule has 0 radical (unpaired) electrons. The van der Waals surface area contributed by atoms with Gasteiger partial charge in [0.1, 0.15) is 5.82 Å². The fourth-order valence-corrected chi connectivity index (χ4v) is 4.75. The molecule has 2 N–H and O–H groups in total. The van der Waals surface area contributed by atoms with E-state index in [2.05, 4.69) is 29.8 Å². The van der Waals surface area contributed by atoms with Gasteiger partial charge in [0, 0.05) is 42.5 Å². The highest BCUT2D eigenvalue weighted by Gasteiger charge is 2.58. The minimum absolute atomic E-state index is 0.126. The Morgan fingerprint density at radius 1 is 1.18 bits per heavy atom. The van der Waals surface area contributed by atoms with E-state index >= 15 is 0 Å². The van der Waals surface area contributed by atoms with Crippen molar-refractivity contribution in [3.8, 4) is 11.3 Å². The van der Waals surface area contributed by atoms with Crippen LogP contribution >= 0.6 is 0 Å². The number of nitrogen functional groups attached to an aromatic ring is 1. The molecule has 3 atom stereocenters. The van der Waals surface area contributed by atoms with Crippen LogP contribution < -0.4 is 5.73 Å². The second-order valence-electron chi connectivity index (χ2n) is 8.49. The van der Waals surface area contributed by atoms with E-state index in [0.29, 0.717) is 35.1 Å². The van der Waals surface area contributed by atoms with E-state index in [-0.39, 0.29) is 17.4 Å². The third-order valence-corrected chi connectivity index (χ3v) is 6.43. The van der Waals surface area contributed by atoms with E-state index < -0.39 is 6.43 Å². The standard InChI is InChI=1S/C20H25F2N5O/c1-10(2)27-17(18-14-6-26(7-15(14)18)12-8-28-9-12)4-16(25-27)11-3-13(19(21)22)20(23)24-5-11/h3-5,10,12,14-15,18-19H,6-9H2,1-2H3,(H2,23,24)/t14-,15+,18?. The predicted octanol–water partition coefficient (Wildman–Crippen LogP) is 3.09. The highest BCUT2D eigenvalue weighted by molar-refractivity contribution is 5.62. The Morgan fingerprint density at radius 3 is 2.46 bits per heavy atom. The molecule has 1 unspecified atom stereocenters. The molecule has 28 heavy (non-hydrogen) atoms. The van der Waals surface area contributed by atoms with Crippen molar-refractivity contribution in [1.29, 1.82) is 0 Å². The molecule has 3 fully saturated rings. The summed E-state index contributed by atoms with van der Waals surface area (Å²) in [6.45, 7) is 8.13. The second-order valence-corrected chi connectivity index (χ2v) is 8.49. The number of aromatic nitrogens is 3. The first kappa shape index (κ1) is 18.0. The van der Waals surface area contributed by atoms with Crippen LogP contribution in [0.25, 0.3) is 11.3 Å². The van der Waals surface area contributed by atoms with Crippen molar-refractivity contribution in [2.24, 2.45) is 11.8 Å². The maximum atomic E-state index is 13.2. The average molecular weight is 389 g/mol. The summed E-state index contributed by atoms with van der Waals surface area (Å²) < 4.78 is 33.8. The van der Waals surface area contributed by atoms with Crippen LogP contribution in [-0.4, -0.2) is 52.0 Å². The maximum Gasteiger partial charge on any atom is 0.267 e. The number of hydrogen-bond acceptors (Lipinski definition) is 5. The van der Waals surface area contributed by atoms with Gasteiger partial charge in [-0.1, -0.05) is 0 Å². The molecule has 1 saturated carbocycles. The molecule has 4 heterocycles. The van der Waals surface area contributed by atoms with Gasteiger partial charge >= 0.3 is 0 Å². The Labute approximate surface area is 162 Å². The number of nitrogens with two attached hydrogens (primary N) is 1. The van der Waals surface area contributed by atoms with Crippen molar-refractivity contribution in [1.82, 2.24) is 19.7 Å². The van der Waals surface area contributed by atoms with E-state index in [1.54, 1.807) is 0 Å². The number of fused-ring (bicyclic) bond motifs is 1. The molecule has 5 rings (SSSR count). The largest absolute Gasteiger partial charge is 0.383 e. The molecular weight excluding hydrogens is 364 g/mol. The van der Waals surface area contributed by atoms with Gasteiger partial charge in [-0.25, -0.2) is 13.8 Å². The van der Waals surface area contributed by atoms with Crippen LogP contribution in [0.15, 0.2) is 18.3 Å². The first-order valence-electron chi connectivity index (χ1n) is 9.89. The molecule has 2 aromatic rings. The van der Waals surface area contributed by atoms with Crippen LogP contribution in [0.1, 0.15) is 43.5 Å². The minimum atomic E-state index is -2.65. The zero-order valence-corrected chi connectivity index (χ0v) is 16.1. The summed E-state index contributed by atoms with van der Waals surface area (Å²) in [5.74, 6) is 1.68. The number of nitrogens with zero attached hydrogens (tertiary/aromatic N) is 4. The van der Waals surface area contributed by atoms with Crippen molar-refractivity contribution in [3.63, 3.8) is 0 Å². The minimum Gasteiger partial charge on any atom is -0.383 e. The van der Waals surface area contributed by atoms with Crippen molar-refractivity contribution >= 4 is 5.82 Å². The van der Waals surface area contributed by atoms with Gasteiger partial charge in [0.25, 0.3) is 6.43 Å². The third kappa shape index (κ3) is 2.81. The molecule has 0 spiro atoms. The number of rotatable bonds is 5. The van der Waals surface area contributed by atoms with E-state index in [9.17, 15) is 8.78 Å². The summed E-state index contributed by atoms with van der Waals surface area (Å²) in [5, 5.41) is 4.74. The van der Waals surface area contributed by atoms with Gasteiger partial charge in [0.05, 0.1) is 30.5 Å². The van der Waals surface area contributed by atoms with Crippen LogP contribution in [0.4, 0.5) is 14.6 Å². The van der Waals surface area contributed by atoms with Crippen LogP contribution in [0, 0.1) is 11.8 Å². The number of alkyl halides is 2. The first-order chi connectivity index (χ1) is 13.4. The Morgan fingerprint density at radius 2 is 1.89 bits per heavy atom. The maximum absolute atomic E-state index is 13.2. The molecule has 6 nitrogen and oxygen atoms in total. The molecule has 2 aliphatic heterocycles. The van der Waals surface area contributed by atoms with E-state index in [0.717, 1.165) is 26.3 Å². The summed E-state index contributed by atoms with van der Waals surface area (Å²) in [4.78, 5) is 6.50.